The topological polar surface area (TPSA) is 107 Å². The highest BCUT2D eigenvalue weighted by molar-refractivity contribution is 6.02. The molecule has 1 fully saturated rings. The molecule has 9 rings (SSSR count). The second-order valence-corrected chi connectivity index (χ2v) is 12.7. The maximum atomic E-state index is 12.7. The first-order valence-electron chi connectivity index (χ1n) is 16.0. The maximum absolute atomic E-state index is 12.7. The number of aromatic amines is 4. The molecule has 4 N–H and O–H groups in total. The summed E-state index contributed by atoms with van der Waals surface area (Å²) in [5.41, 5.74) is 11.3. The zero-order valence-electron chi connectivity index (χ0n) is 25.8. The molecule has 7 nitrogen and oxygen atoms in total. The summed E-state index contributed by atoms with van der Waals surface area (Å²) in [4.78, 5) is 39.0. The Morgan fingerprint density at radius 1 is 0.638 bits per heavy atom. The second-order valence-electron chi connectivity index (χ2n) is 12.7. The summed E-state index contributed by atoms with van der Waals surface area (Å²) < 4.78 is 6.01. The molecule has 4 aromatic carbocycles. The molecule has 7 heteroatoms. The van der Waals surface area contributed by atoms with Crippen LogP contribution in [0.3, 0.4) is 0 Å². The lowest BCUT2D eigenvalue weighted by Crippen LogP contribution is -2.06. The minimum Gasteiger partial charge on any atom is -0.370 e. The minimum atomic E-state index is -0.443. The Morgan fingerprint density at radius 3 is 1.94 bits per heavy atom. The summed E-state index contributed by atoms with van der Waals surface area (Å²) in [5, 5.41) is 4.02. The molecule has 0 spiro atoms. The van der Waals surface area contributed by atoms with Gasteiger partial charge in [-0.3, -0.25) is 9.59 Å². The van der Waals surface area contributed by atoms with E-state index in [4.69, 9.17) is 4.74 Å². The molecular weight excluding hydrogens is 584 g/mol. The van der Waals surface area contributed by atoms with E-state index in [0.717, 1.165) is 103 Å². The van der Waals surface area contributed by atoms with Gasteiger partial charge in [-0.2, -0.15) is 0 Å². The number of carbonyl (C=O) groups excluding carboxylic acids is 2. The first-order valence-corrected chi connectivity index (χ1v) is 16.0. The first-order chi connectivity index (χ1) is 23.2. The number of benzene rings is 4. The number of methoxy groups -OCH3 is 1. The fourth-order valence-corrected chi connectivity index (χ4v) is 7.67. The predicted octanol–water partition coefficient (Wildman–Crippen LogP) is 9.18. The van der Waals surface area contributed by atoms with Crippen LogP contribution < -0.4 is 0 Å². The number of aldehydes is 2. The van der Waals surface area contributed by atoms with Crippen LogP contribution in [0.1, 0.15) is 68.1 Å². The van der Waals surface area contributed by atoms with Gasteiger partial charge < -0.3 is 24.7 Å². The van der Waals surface area contributed by atoms with Crippen molar-refractivity contribution in [3.63, 3.8) is 0 Å². The number of carbonyl (C=O) groups is 2. The largest absolute Gasteiger partial charge is 0.370 e. The quantitative estimate of drug-likeness (QED) is 0.122. The molecule has 1 saturated carbocycles. The van der Waals surface area contributed by atoms with E-state index in [1.54, 1.807) is 7.11 Å². The van der Waals surface area contributed by atoms with E-state index in [0.29, 0.717) is 11.5 Å². The summed E-state index contributed by atoms with van der Waals surface area (Å²) in [6.07, 6.45) is 7.81. The molecule has 2 atom stereocenters. The van der Waals surface area contributed by atoms with E-state index >= 15 is 0 Å². The minimum absolute atomic E-state index is 0.0819. The molecule has 0 amide bonds. The van der Waals surface area contributed by atoms with Gasteiger partial charge in [-0.15, -0.1) is 0 Å². The van der Waals surface area contributed by atoms with E-state index in [2.05, 4.69) is 62.5 Å². The Labute approximate surface area is 270 Å². The van der Waals surface area contributed by atoms with Gasteiger partial charge in [-0.1, -0.05) is 48.5 Å². The van der Waals surface area contributed by atoms with Crippen molar-refractivity contribution < 1.29 is 14.3 Å². The van der Waals surface area contributed by atoms with Gasteiger partial charge in [0.05, 0.1) is 5.69 Å². The van der Waals surface area contributed by atoms with Crippen molar-refractivity contribution >= 4 is 56.2 Å². The lowest BCUT2D eigenvalue weighted by atomic mass is 9.88. The third kappa shape index (κ3) is 4.31. The maximum Gasteiger partial charge on any atom is 0.152 e. The van der Waals surface area contributed by atoms with E-state index in [9.17, 15) is 9.59 Å². The van der Waals surface area contributed by atoms with Crippen LogP contribution in [0.2, 0.25) is 0 Å². The van der Waals surface area contributed by atoms with Crippen molar-refractivity contribution in [3.8, 4) is 11.1 Å². The van der Waals surface area contributed by atoms with Gasteiger partial charge in [-0.05, 0) is 71.8 Å². The van der Waals surface area contributed by atoms with Crippen molar-refractivity contribution in [1.29, 1.82) is 0 Å². The lowest BCUT2D eigenvalue weighted by Gasteiger charge is -2.16. The number of aromatic nitrogens is 4. The zero-order valence-corrected chi connectivity index (χ0v) is 25.8. The van der Waals surface area contributed by atoms with E-state index in [-0.39, 0.29) is 5.92 Å². The average molecular weight is 617 g/mol. The fourth-order valence-electron chi connectivity index (χ4n) is 7.67. The molecule has 2 unspecified atom stereocenters. The van der Waals surface area contributed by atoms with Crippen molar-refractivity contribution in [3.05, 3.63) is 131 Å². The summed E-state index contributed by atoms with van der Waals surface area (Å²) in [7, 11) is 1.67. The van der Waals surface area contributed by atoms with Gasteiger partial charge in [0, 0.05) is 91.4 Å². The third-order valence-corrected chi connectivity index (χ3v) is 10.1. The monoisotopic (exact) mass is 616 g/mol. The summed E-state index contributed by atoms with van der Waals surface area (Å²) in [5.74, 6) is 0.554. The molecule has 0 bridgehead atoms. The highest BCUT2D eigenvalue weighted by Gasteiger charge is 2.37. The molecule has 4 heterocycles. The van der Waals surface area contributed by atoms with Crippen molar-refractivity contribution in [1.82, 2.24) is 19.9 Å². The van der Waals surface area contributed by atoms with Crippen LogP contribution in [0.25, 0.3) is 54.7 Å². The lowest BCUT2D eigenvalue weighted by molar-refractivity contribution is 0.110. The number of rotatable bonds is 9. The number of hydrogen-bond acceptors (Lipinski definition) is 3. The molecule has 0 aliphatic heterocycles. The Balaban J connectivity index is 1.15. The van der Waals surface area contributed by atoms with Gasteiger partial charge in [0.15, 0.2) is 12.6 Å². The highest BCUT2D eigenvalue weighted by Crippen LogP contribution is 2.49. The van der Waals surface area contributed by atoms with Crippen LogP contribution in [0, 0.1) is 5.92 Å². The molecular formula is C40H32N4O3. The predicted molar refractivity (Wildman–Crippen MR) is 186 cm³/mol. The highest BCUT2D eigenvalue weighted by atomic mass is 16.5. The number of H-pyrrole nitrogens is 4. The first kappa shape index (κ1) is 27.6. The van der Waals surface area contributed by atoms with Crippen LogP contribution in [0.15, 0.2) is 97.3 Å². The molecule has 1 aliphatic carbocycles. The summed E-state index contributed by atoms with van der Waals surface area (Å²) in [6, 6.07) is 28.8. The molecule has 0 saturated heterocycles. The standard InChI is InChI=1S/C40H32N4O3/c1-47-40(30-19-42-33-8-4-2-6-25(30)33)39-32(21-46)28-17-24(13-15-36(28)44-39)23-12-14-34-27(16-23)29(18-41-34)37(22-10-11-22)38-31(20-45)26-7-3-5-9-35(26)43-38/h2-9,12-22,37,40-44H,10-11H2,1H3. The van der Waals surface area contributed by atoms with Crippen LogP contribution in [-0.4, -0.2) is 39.6 Å². The number of para-hydroxylation sites is 2. The number of ether oxygens (including phenoxy) is 1. The van der Waals surface area contributed by atoms with Gasteiger partial charge in [0.25, 0.3) is 0 Å². The van der Waals surface area contributed by atoms with Gasteiger partial charge in [0.1, 0.15) is 6.10 Å². The smallest absolute Gasteiger partial charge is 0.152 e. The average Bonchev–Trinajstić information content (AvgIpc) is 3.42. The van der Waals surface area contributed by atoms with Gasteiger partial charge in [-0.25, -0.2) is 0 Å². The van der Waals surface area contributed by atoms with E-state index in [1.807, 2.05) is 54.7 Å². The number of fused-ring (bicyclic) bond motifs is 4. The Kier molecular flexibility index (Phi) is 6.30. The summed E-state index contributed by atoms with van der Waals surface area (Å²) >= 11 is 0. The van der Waals surface area contributed by atoms with Crippen LogP contribution in [-0.2, 0) is 4.74 Å². The van der Waals surface area contributed by atoms with Gasteiger partial charge >= 0.3 is 0 Å². The Bertz CT molecular complexity index is 2490. The molecule has 0 radical (unpaired) electrons. The van der Waals surface area contributed by atoms with Crippen LogP contribution in [0.5, 0.6) is 0 Å². The zero-order chi connectivity index (χ0) is 31.6. The van der Waals surface area contributed by atoms with E-state index in [1.165, 1.54) is 5.56 Å². The number of nitrogens with one attached hydrogen (secondary N) is 4. The SMILES string of the molecule is COC(c1[nH]c2ccc(-c3ccc4[nH]cc(C(c5[nH]c6ccccc6c5C=O)C5CC5)c4c3)cc2c1C=O)c1c[nH]c2ccccc12. The van der Waals surface area contributed by atoms with Crippen LogP contribution >= 0.6 is 0 Å². The molecule has 8 aromatic rings. The van der Waals surface area contributed by atoms with Crippen molar-refractivity contribution in [2.45, 2.75) is 24.9 Å². The van der Waals surface area contributed by atoms with Crippen molar-refractivity contribution in [2.75, 3.05) is 7.11 Å². The van der Waals surface area contributed by atoms with Crippen molar-refractivity contribution in [2.24, 2.45) is 5.92 Å². The third-order valence-electron chi connectivity index (χ3n) is 10.1. The van der Waals surface area contributed by atoms with Crippen LogP contribution in [0.4, 0.5) is 0 Å². The second kappa shape index (κ2) is 10.7. The fraction of sp³-hybridized carbons (Fsp3) is 0.150. The Hall–Kier alpha value is -5.66. The number of hydrogen-bond donors (Lipinski definition) is 4. The normalized spacial score (nSPS) is 14.7. The molecule has 1 aliphatic rings. The molecule has 47 heavy (non-hydrogen) atoms. The molecule has 4 aromatic heterocycles. The van der Waals surface area contributed by atoms with Gasteiger partial charge in [0.2, 0.25) is 0 Å². The Morgan fingerprint density at radius 2 is 1.21 bits per heavy atom. The molecule has 230 valence electrons. The van der Waals surface area contributed by atoms with E-state index < -0.39 is 6.10 Å². The summed E-state index contributed by atoms with van der Waals surface area (Å²) in [6.45, 7) is 0.